The summed E-state index contributed by atoms with van der Waals surface area (Å²) in [7, 11) is 0. The first-order chi connectivity index (χ1) is 7.85. The number of rotatable bonds is 3. The van der Waals surface area contributed by atoms with Gasteiger partial charge in [0.25, 0.3) is 0 Å². The van der Waals surface area contributed by atoms with E-state index in [2.05, 4.69) is 16.9 Å². The van der Waals surface area contributed by atoms with Gasteiger partial charge in [0.15, 0.2) is 0 Å². The van der Waals surface area contributed by atoms with Gasteiger partial charge in [-0.05, 0) is 12.5 Å². The number of nitrogens with zero attached hydrogens (tertiary/aromatic N) is 2. The third kappa shape index (κ3) is 2.70. The molecule has 0 amide bonds. The van der Waals surface area contributed by atoms with E-state index in [1.165, 1.54) is 17.9 Å². The van der Waals surface area contributed by atoms with Crippen molar-refractivity contribution < 1.29 is 0 Å². The van der Waals surface area contributed by atoms with E-state index < -0.39 is 0 Å². The van der Waals surface area contributed by atoms with Crippen LogP contribution in [0.5, 0.6) is 0 Å². The summed E-state index contributed by atoms with van der Waals surface area (Å²) >= 11 is 4.03. The van der Waals surface area contributed by atoms with E-state index in [4.69, 9.17) is 5.73 Å². The van der Waals surface area contributed by atoms with Crippen LogP contribution in [-0.4, -0.2) is 26.7 Å². The molecular formula is C11H17N3S2. The van der Waals surface area contributed by atoms with Crippen molar-refractivity contribution >= 4 is 23.5 Å². The molecule has 2 rings (SSSR count). The Hall–Kier alpha value is -0.260. The number of hydrogen-bond donors (Lipinski definition) is 1. The Kier molecular flexibility index (Phi) is 4.49. The van der Waals surface area contributed by atoms with E-state index in [-0.39, 0.29) is 0 Å². The highest BCUT2D eigenvalue weighted by molar-refractivity contribution is 8.06. The van der Waals surface area contributed by atoms with Gasteiger partial charge >= 0.3 is 0 Å². The molecule has 1 saturated heterocycles. The molecule has 0 bridgehead atoms. The van der Waals surface area contributed by atoms with Gasteiger partial charge in [0.1, 0.15) is 5.82 Å². The van der Waals surface area contributed by atoms with Gasteiger partial charge in [-0.2, -0.15) is 11.8 Å². The molecule has 2 atom stereocenters. The first-order valence-corrected chi connectivity index (χ1v) is 7.70. The predicted molar refractivity (Wildman–Crippen MR) is 71.7 cm³/mol. The Morgan fingerprint density at radius 3 is 3.00 bits per heavy atom. The van der Waals surface area contributed by atoms with Crippen LogP contribution in [0.4, 0.5) is 0 Å². The number of hydrogen-bond acceptors (Lipinski definition) is 5. The van der Waals surface area contributed by atoms with E-state index >= 15 is 0 Å². The molecule has 0 aromatic carbocycles. The fraction of sp³-hybridized carbons (Fsp3) is 0.636. The lowest BCUT2D eigenvalue weighted by atomic mass is 10.2. The minimum absolute atomic E-state index is 0.440. The maximum absolute atomic E-state index is 5.61. The standard InChI is InChI=1S/C11H17N3S2/c1-2-9-10(16-6-5-15-9)11-13-4-3-8(7-12)14-11/h3-4,9-10H,2,5-7,12H2,1H3. The second kappa shape index (κ2) is 5.89. The molecule has 1 aliphatic rings. The van der Waals surface area contributed by atoms with Crippen molar-refractivity contribution in [1.82, 2.24) is 9.97 Å². The van der Waals surface area contributed by atoms with Gasteiger partial charge in [-0.25, -0.2) is 9.97 Å². The zero-order valence-electron chi connectivity index (χ0n) is 9.43. The van der Waals surface area contributed by atoms with E-state index in [9.17, 15) is 0 Å². The highest BCUT2D eigenvalue weighted by Crippen LogP contribution is 2.42. The third-order valence-corrected chi connectivity index (χ3v) is 5.89. The largest absolute Gasteiger partial charge is 0.325 e. The SMILES string of the molecule is CCC1SCCSC1c1nccc(CN)n1. The lowest BCUT2D eigenvalue weighted by Gasteiger charge is -2.28. The second-order valence-corrected chi connectivity index (χ2v) is 6.32. The van der Waals surface area contributed by atoms with Crippen LogP contribution < -0.4 is 5.73 Å². The van der Waals surface area contributed by atoms with Crippen LogP contribution in [0, 0.1) is 0 Å². The Labute approximate surface area is 105 Å². The van der Waals surface area contributed by atoms with Gasteiger partial charge in [0, 0.05) is 29.5 Å². The molecule has 0 saturated carbocycles. The average Bonchev–Trinajstić information content (AvgIpc) is 2.38. The van der Waals surface area contributed by atoms with Crippen molar-refractivity contribution in [3.8, 4) is 0 Å². The summed E-state index contributed by atoms with van der Waals surface area (Å²) in [6.45, 7) is 2.74. The van der Waals surface area contributed by atoms with Crippen molar-refractivity contribution in [3.63, 3.8) is 0 Å². The summed E-state index contributed by atoms with van der Waals surface area (Å²) in [6.07, 6.45) is 3.01. The second-order valence-electron chi connectivity index (χ2n) is 3.72. The van der Waals surface area contributed by atoms with Crippen LogP contribution in [-0.2, 0) is 6.54 Å². The van der Waals surface area contributed by atoms with Crippen LogP contribution in [0.2, 0.25) is 0 Å². The minimum Gasteiger partial charge on any atom is -0.325 e. The molecule has 0 aliphatic carbocycles. The number of thioether (sulfide) groups is 2. The zero-order chi connectivity index (χ0) is 11.4. The van der Waals surface area contributed by atoms with Crippen LogP contribution >= 0.6 is 23.5 Å². The molecule has 1 aromatic heterocycles. The summed E-state index contributed by atoms with van der Waals surface area (Å²) in [6, 6.07) is 1.89. The van der Waals surface area contributed by atoms with Crippen molar-refractivity contribution in [2.75, 3.05) is 11.5 Å². The summed E-state index contributed by atoms with van der Waals surface area (Å²) in [5.41, 5.74) is 6.55. The molecule has 2 heterocycles. The topological polar surface area (TPSA) is 51.8 Å². The Morgan fingerprint density at radius 2 is 2.25 bits per heavy atom. The molecule has 5 heteroatoms. The fourth-order valence-electron chi connectivity index (χ4n) is 1.81. The van der Waals surface area contributed by atoms with E-state index in [0.717, 1.165) is 11.5 Å². The van der Waals surface area contributed by atoms with Gasteiger partial charge in [-0.3, -0.25) is 0 Å². The summed E-state index contributed by atoms with van der Waals surface area (Å²) in [5.74, 6) is 3.41. The maximum atomic E-state index is 5.61. The number of nitrogens with two attached hydrogens (primary N) is 1. The van der Waals surface area contributed by atoms with Gasteiger partial charge in [-0.1, -0.05) is 6.92 Å². The smallest absolute Gasteiger partial charge is 0.142 e. The van der Waals surface area contributed by atoms with Crippen molar-refractivity contribution in [2.24, 2.45) is 5.73 Å². The molecule has 0 radical (unpaired) electrons. The molecule has 0 spiro atoms. The fourth-order valence-corrected chi connectivity index (χ4v) is 4.81. The third-order valence-electron chi connectivity index (χ3n) is 2.65. The predicted octanol–water partition coefficient (Wildman–Crippen LogP) is 2.23. The van der Waals surface area contributed by atoms with Crippen LogP contribution in [0.25, 0.3) is 0 Å². The van der Waals surface area contributed by atoms with Crippen LogP contribution in [0.15, 0.2) is 12.3 Å². The van der Waals surface area contributed by atoms with Crippen molar-refractivity contribution in [1.29, 1.82) is 0 Å². The lowest BCUT2D eigenvalue weighted by Crippen LogP contribution is -2.21. The molecule has 2 N–H and O–H groups in total. The van der Waals surface area contributed by atoms with Crippen molar-refractivity contribution in [2.45, 2.75) is 30.4 Å². The molecule has 2 unspecified atom stereocenters. The normalized spacial score (nSPS) is 25.6. The highest BCUT2D eigenvalue weighted by Gasteiger charge is 2.28. The van der Waals surface area contributed by atoms with Gasteiger partial charge in [0.05, 0.1) is 10.9 Å². The molecule has 1 aliphatic heterocycles. The molecule has 1 aromatic rings. The van der Waals surface area contributed by atoms with E-state index in [0.29, 0.717) is 17.0 Å². The lowest BCUT2D eigenvalue weighted by molar-refractivity contribution is 0.739. The number of aromatic nitrogens is 2. The van der Waals surface area contributed by atoms with E-state index in [1.807, 2.05) is 35.8 Å². The Morgan fingerprint density at radius 1 is 1.44 bits per heavy atom. The zero-order valence-corrected chi connectivity index (χ0v) is 11.1. The molecular weight excluding hydrogens is 238 g/mol. The Bertz CT molecular complexity index is 346. The average molecular weight is 255 g/mol. The summed E-state index contributed by atoms with van der Waals surface area (Å²) in [4.78, 5) is 8.95. The van der Waals surface area contributed by atoms with Crippen LogP contribution in [0.3, 0.4) is 0 Å². The first kappa shape index (κ1) is 12.2. The van der Waals surface area contributed by atoms with Gasteiger partial charge in [-0.15, -0.1) is 11.8 Å². The first-order valence-electron chi connectivity index (χ1n) is 5.60. The molecule has 1 fully saturated rings. The summed E-state index contributed by atoms with van der Waals surface area (Å²) < 4.78 is 0. The van der Waals surface area contributed by atoms with Crippen LogP contribution in [0.1, 0.15) is 30.1 Å². The van der Waals surface area contributed by atoms with Crippen molar-refractivity contribution in [3.05, 3.63) is 23.8 Å². The monoisotopic (exact) mass is 255 g/mol. The van der Waals surface area contributed by atoms with Gasteiger partial charge < -0.3 is 5.73 Å². The quantitative estimate of drug-likeness (QED) is 0.897. The minimum atomic E-state index is 0.440. The molecule has 3 nitrogen and oxygen atoms in total. The molecule has 88 valence electrons. The Balaban J connectivity index is 2.20. The van der Waals surface area contributed by atoms with E-state index in [1.54, 1.807) is 0 Å². The molecule has 16 heavy (non-hydrogen) atoms. The maximum Gasteiger partial charge on any atom is 0.142 e. The van der Waals surface area contributed by atoms with Gasteiger partial charge in [0.2, 0.25) is 0 Å². The summed E-state index contributed by atoms with van der Waals surface area (Å²) in [5, 5.41) is 1.09. The highest BCUT2D eigenvalue weighted by atomic mass is 32.2.